The second kappa shape index (κ2) is 14.6. The van der Waals surface area contributed by atoms with E-state index in [0.29, 0.717) is 36.8 Å². The van der Waals surface area contributed by atoms with Gasteiger partial charge in [-0.1, -0.05) is 66.0 Å². The van der Waals surface area contributed by atoms with Crippen molar-refractivity contribution in [2.45, 2.75) is 70.7 Å². The van der Waals surface area contributed by atoms with E-state index in [0.717, 1.165) is 36.0 Å². The Labute approximate surface area is 243 Å². The maximum atomic E-state index is 12.4. The van der Waals surface area contributed by atoms with Gasteiger partial charge in [-0.25, -0.2) is 4.98 Å². The molecule has 3 N–H and O–H groups in total. The van der Waals surface area contributed by atoms with Crippen molar-refractivity contribution >= 4 is 40.7 Å². The summed E-state index contributed by atoms with van der Waals surface area (Å²) in [5.74, 6) is -0.0970. The third-order valence-corrected chi connectivity index (χ3v) is 7.44. The van der Waals surface area contributed by atoms with Crippen LogP contribution in [0.25, 0.3) is 0 Å². The molecule has 0 radical (unpaired) electrons. The predicted octanol–water partition coefficient (Wildman–Crippen LogP) is 5.56. The van der Waals surface area contributed by atoms with Crippen LogP contribution >= 0.6 is 23.2 Å². The number of amides is 2. The lowest BCUT2D eigenvalue weighted by atomic mass is 10.00. The summed E-state index contributed by atoms with van der Waals surface area (Å²) in [5, 5.41) is 15.7. The van der Waals surface area contributed by atoms with Crippen molar-refractivity contribution < 1.29 is 24.2 Å². The van der Waals surface area contributed by atoms with Crippen molar-refractivity contribution in [2.24, 2.45) is 0 Å². The first-order valence-electron chi connectivity index (χ1n) is 13.3. The summed E-state index contributed by atoms with van der Waals surface area (Å²) in [4.78, 5) is 27.3. The molecule has 1 aliphatic heterocycles. The number of halogens is 2. The number of carbonyl (C=O) groups is 2. The normalized spacial score (nSPS) is 18.9. The molecule has 0 aliphatic carbocycles. The van der Waals surface area contributed by atoms with E-state index in [4.69, 9.17) is 32.7 Å². The summed E-state index contributed by atoms with van der Waals surface area (Å²) in [6, 6.07) is 15.1. The van der Waals surface area contributed by atoms with Gasteiger partial charge in [0.15, 0.2) is 11.4 Å². The van der Waals surface area contributed by atoms with Crippen molar-refractivity contribution in [3.63, 3.8) is 0 Å². The maximum Gasteiger partial charge on any atom is 0.224 e. The van der Waals surface area contributed by atoms with Gasteiger partial charge in [-0.2, -0.15) is 0 Å². The average Bonchev–Trinajstić information content (AvgIpc) is 3.27. The number of aliphatic hydroxyl groups excluding tert-OH is 1. The van der Waals surface area contributed by atoms with E-state index in [2.05, 4.69) is 15.6 Å². The number of hydrogen-bond acceptors (Lipinski definition) is 6. The largest absolute Gasteiger partial charge is 0.392 e. The fourth-order valence-corrected chi connectivity index (χ4v) is 4.83. The van der Waals surface area contributed by atoms with Gasteiger partial charge in [-0.3, -0.25) is 9.59 Å². The monoisotopic (exact) mass is 588 g/mol. The van der Waals surface area contributed by atoms with Crippen molar-refractivity contribution in [2.75, 3.05) is 11.9 Å². The van der Waals surface area contributed by atoms with E-state index in [9.17, 15) is 14.7 Å². The Morgan fingerprint density at radius 2 is 1.75 bits per heavy atom. The molecule has 214 valence electrons. The molecule has 2 heterocycles. The number of carbonyl (C=O) groups excluding carboxylic acids is 2. The zero-order valence-corrected chi connectivity index (χ0v) is 23.8. The topological polar surface area (TPSA) is 115 Å². The van der Waals surface area contributed by atoms with Crippen LogP contribution in [0, 0.1) is 0 Å². The molecule has 0 bridgehead atoms. The molecule has 1 aromatic heterocycles. The van der Waals surface area contributed by atoms with Gasteiger partial charge in [0.2, 0.25) is 11.8 Å². The molecule has 40 heavy (non-hydrogen) atoms. The molecular weight excluding hydrogens is 555 g/mol. The van der Waals surface area contributed by atoms with Crippen molar-refractivity contribution in [3.05, 3.63) is 81.9 Å². The van der Waals surface area contributed by atoms with Crippen molar-refractivity contribution in [3.8, 4) is 0 Å². The first-order valence-corrected chi connectivity index (χ1v) is 14.1. The number of nitrogens with zero attached hydrogens (tertiary/aromatic N) is 2. The van der Waals surface area contributed by atoms with E-state index in [-0.39, 0.29) is 35.8 Å². The molecule has 1 aliphatic rings. The molecule has 11 heteroatoms. The molecule has 0 spiro atoms. The lowest BCUT2D eigenvalue weighted by molar-refractivity contribution is -0.252. The molecule has 9 nitrogen and oxygen atoms in total. The van der Waals surface area contributed by atoms with Crippen LogP contribution in [0.5, 0.6) is 0 Å². The lowest BCUT2D eigenvalue weighted by Crippen LogP contribution is -2.32. The Kier molecular flexibility index (Phi) is 11.0. The summed E-state index contributed by atoms with van der Waals surface area (Å²) in [6.07, 6.45) is 3.91. The second-order valence-electron chi connectivity index (χ2n) is 9.79. The Morgan fingerprint density at radius 3 is 2.40 bits per heavy atom. The first-order chi connectivity index (χ1) is 19.3. The van der Waals surface area contributed by atoms with Gasteiger partial charge in [-0.05, 0) is 36.1 Å². The van der Waals surface area contributed by atoms with Gasteiger partial charge in [-0.15, -0.1) is 0 Å². The Morgan fingerprint density at radius 1 is 1.02 bits per heavy atom. The number of aliphatic hydroxyl groups is 1. The highest BCUT2D eigenvalue weighted by Gasteiger charge is 2.33. The summed E-state index contributed by atoms with van der Waals surface area (Å²) < 4.78 is 14.5. The van der Waals surface area contributed by atoms with Gasteiger partial charge >= 0.3 is 0 Å². The molecule has 2 amide bonds. The molecular formula is C29H34Cl2N4O5. The fraction of sp³-hybridized carbons (Fsp3) is 0.414. The number of imidazole rings is 1. The highest BCUT2D eigenvalue weighted by atomic mass is 35.5. The number of rotatable bonds is 12. The second-order valence-corrected chi connectivity index (χ2v) is 10.5. The Balaban J connectivity index is 1.39. The van der Waals surface area contributed by atoms with Crippen LogP contribution in [0.2, 0.25) is 10.3 Å². The fourth-order valence-electron chi connectivity index (χ4n) is 4.52. The number of benzene rings is 2. The Hall–Kier alpha value is -2.95. The van der Waals surface area contributed by atoms with Crippen LogP contribution in [-0.2, 0) is 32.2 Å². The third-order valence-electron chi connectivity index (χ3n) is 6.67. The molecule has 3 aromatic rings. The van der Waals surface area contributed by atoms with E-state index < -0.39 is 6.29 Å². The number of nitrogens with one attached hydrogen (secondary N) is 2. The lowest BCUT2D eigenvalue weighted by Gasteiger charge is -2.36. The minimum Gasteiger partial charge on any atom is -0.392 e. The minimum absolute atomic E-state index is 0.0262. The van der Waals surface area contributed by atoms with Crippen LogP contribution in [0.1, 0.15) is 68.1 Å². The van der Waals surface area contributed by atoms with Crippen LogP contribution in [0.15, 0.2) is 54.9 Å². The van der Waals surface area contributed by atoms with Gasteiger partial charge in [0.25, 0.3) is 0 Å². The van der Waals surface area contributed by atoms with Crippen LogP contribution in [-0.4, -0.2) is 39.1 Å². The number of anilines is 1. The van der Waals surface area contributed by atoms with E-state index in [1.165, 1.54) is 6.92 Å². The zero-order chi connectivity index (χ0) is 28.5. The highest BCUT2D eigenvalue weighted by molar-refractivity contribution is 6.40. The SMILES string of the molecule is CC(=O)NCCCCCC(=O)Nc1ccc(C2OC(Cn3cnc(Cl)c3Cl)CC(c3ccc(CO)cc3)O2)cc1. The van der Waals surface area contributed by atoms with Gasteiger partial charge in [0.1, 0.15) is 5.15 Å². The summed E-state index contributed by atoms with van der Waals surface area (Å²) in [5.41, 5.74) is 3.31. The number of ether oxygens (including phenoxy) is 2. The van der Waals surface area contributed by atoms with Gasteiger partial charge in [0, 0.05) is 37.6 Å². The first kappa shape index (κ1) is 30.0. The molecule has 1 fully saturated rings. The highest BCUT2D eigenvalue weighted by Crippen LogP contribution is 2.39. The van der Waals surface area contributed by atoms with Gasteiger partial charge < -0.3 is 29.8 Å². The van der Waals surface area contributed by atoms with Gasteiger partial charge in [0.05, 0.1) is 31.7 Å². The van der Waals surface area contributed by atoms with E-state index >= 15 is 0 Å². The molecule has 3 unspecified atom stereocenters. The van der Waals surface area contributed by atoms with Crippen molar-refractivity contribution in [1.29, 1.82) is 0 Å². The maximum absolute atomic E-state index is 12.4. The van der Waals surface area contributed by atoms with Crippen LogP contribution in [0.4, 0.5) is 5.69 Å². The summed E-state index contributed by atoms with van der Waals surface area (Å²) in [6.45, 7) is 2.54. The third kappa shape index (κ3) is 8.52. The van der Waals surface area contributed by atoms with Crippen LogP contribution < -0.4 is 10.6 Å². The van der Waals surface area contributed by atoms with Crippen molar-refractivity contribution in [1.82, 2.24) is 14.9 Å². The average molecular weight is 590 g/mol. The molecule has 1 saturated heterocycles. The molecule has 3 atom stereocenters. The van der Waals surface area contributed by atoms with E-state index in [1.807, 2.05) is 48.5 Å². The number of aromatic nitrogens is 2. The molecule has 4 rings (SSSR count). The molecule has 0 saturated carbocycles. The summed E-state index contributed by atoms with van der Waals surface area (Å²) >= 11 is 12.3. The van der Waals surface area contributed by atoms with Crippen LogP contribution in [0.3, 0.4) is 0 Å². The quantitative estimate of drug-likeness (QED) is 0.238. The number of hydrogen-bond donors (Lipinski definition) is 3. The zero-order valence-electron chi connectivity index (χ0n) is 22.3. The smallest absolute Gasteiger partial charge is 0.224 e. The molecule has 2 aromatic carbocycles. The number of unbranched alkanes of at least 4 members (excludes halogenated alkanes) is 2. The standard InChI is InChI=1S/C29H34Cl2N4O5/c1-19(37)32-14-4-2-3-5-26(38)34-23-12-10-22(11-13-23)29-39-24(16-35-18-33-27(30)28(35)31)15-25(40-29)21-8-6-20(17-36)7-9-21/h6-13,18,24-25,29,36H,2-5,14-17H2,1H3,(H,32,37)(H,34,38). The minimum atomic E-state index is -0.646. The predicted molar refractivity (Wildman–Crippen MR) is 153 cm³/mol. The Bertz CT molecular complexity index is 1270. The van der Waals surface area contributed by atoms with E-state index in [1.54, 1.807) is 10.9 Å². The summed E-state index contributed by atoms with van der Waals surface area (Å²) in [7, 11) is 0.